The Bertz CT molecular complexity index is 939. The number of methoxy groups -OCH3 is 1. The van der Waals surface area contributed by atoms with Crippen molar-refractivity contribution in [2.24, 2.45) is 0 Å². The van der Waals surface area contributed by atoms with Crippen LogP contribution in [0.2, 0.25) is 0 Å². The summed E-state index contributed by atoms with van der Waals surface area (Å²) in [5, 5.41) is 7.67. The van der Waals surface area contributed by atoms with Crippen molar-refractivity contribution in [1.82, 2.24) is 9.78 Å². The van der Waals surface area contributed by atoms with Crippen molar-refractivity contribution in [3.05, 3.63) is 65.9 Å². The highest BCUT2D eigenvalue weighted by molar-refractivity contribution is 7.98. The molecule has 3 aromatic rings. The van der Waals surface area contributed by atoms with Crippen molar-refractivity contribution in [2.45, 2.75) is 11.5 Å². The van der Waals surface area contributed by atoms with E-state index in [1.54, 1.807) is 23.6 Å². The van der Waals surface area contributed by atoms with Gasteiger partial charge in [0.2, 0.25) is 0 Å². The van der Waals surface area contributed by atoms with Gasteiger partial charge in [-0.2, -0.15) is 16.9 Å². The molecule has 4 rings (SSSR count). The Morgan fingerprint density at radius 2 is 1.89 bits per heavy atom. The lowest BCUT2D eigenvalue weighted by molar-refractivity contribution is -0.118. The lowest BCUT2D eigenvalue weighted by Gasteiger charge is -2.12. The second-order valence-corrected chi connectivity index (χ2v) is 7.01. The third-order valence-corrected chi connectivity index (χ3v) is 5.21. The van der Waals surface area contributed by atoms with Gasteiger partial charge >= 0.3 is 0 Å². The highest BCUT2D eigenvalue weighted by atomic mass is 32.2. The normalized spacial score (nSPS) is 12.5. The van der Waals surface area contributed by atoms with E-state index in [-0.39, 0.29) is 12.5 Å². The van der Waals surface area contributed by atoms with E-state index < -0.39 is 0 Å². The van der Waals surface area contributed by atoms with Crippen LogP contribution >= 0.6 is 11.8 Å². The summed E-state index contributed by atoms with van der Waals surface area (Å²) < 4.78 is 12.5. The first-order chi connectivity index (χ1) is 13.2. The molecule has 27 heavy (non-hydrogen) atoms. The van der Waals surface area contributed by atoms with Gasteiger partial charge in [-0.15, -0.1) is 0 Å². The number of benzene rings is 2. The van der Waals surface area contributed by atoms with Crippen molar-refractivity contribution >= 4 is 23.5 Å². The molecule has 0 fully saturated rings. The summed E-state index contributed by atoms with van der Waals surface area (Å²) in [6, 6.07) is 16.9. The molecule has 7 heteroatoms. The van der Waals surface area contributed by atoms with E-state index in [0.717, 1.165) is 34.2 Å². The molecule has 0 spiro atoms. The van der Waals surface area contributed by atoms with Gasteiger partial charge in [-0.25, -0.2) is 4.68 Å². The second kappa shape index (κ2) is 7.75. The summed E-state index contributed by atoms with van der Waals surface area (Å²) in [4.78, 5) is 12.5. The molecule has 0 bridgehead atoms. The molecular weight excluding hydrogens is 362 g/mol. The fourth-order valence-corrected chi connectivity index (χ4v) is 3.92. The van der Waals surface area contributed by atoms with Gasteiger partial charge in [-0.1, -0.05) is 18.2 Å². The molecule has 0 atom stereocenters. The molecule has 138 valence electrons. The molecule has 0 aliphatic carbocycles. The standard InChI is InChI=1S/C20H19N3O3S/c1-25-15-9-7-14(8-10-15)23-20(17-12-27-13-18(17)22-23)21-19(24)11-26-16-5-3-2-4-6-16/h2-10H,11-13H2,1H3,(H,21,24). The van der Waals surface area contributed by atoms with Crippen LogP contribution in [0.3, 0.4) is 0 Å². The molecule has 2 heterocycles. The minimum absolute atomic E-state index is 0.0558. The first-order valence-electron chi connectivity index (χ1n) is 8.55. The first kappa shape index (κ1) is 17.5. The van der Waals surface area contributed by atoms with Crippen LogP contribution in [0.25, 0.3) is 5.69 Å². The van der Waals surface area contributed by atoms with Crippen LogP contribution in [-0.2, 0) is 16.3 Å². The van der Waals surface area contributed by atoms with Gasteiger partial charge in [0.05, 0.1) is 18.5 Å². The molecule has 1 amide bonds. The van der Waals surface area contributed by atoms with E-state index in [4.69, 9.17) is 9.47 Å². The van der Waals surface area contributed by atoms with E-state index in [1.807, 2.05) is 54.6 Å². The molecule has 1 aliphatic rings. The Balaban J connectivity index is 1.55. The molecule has 0 radical (unpaired) electrons. The maximum atomic E-state index is 12.5. The summed E-state index contributed by atoms with van der Waals surface area (Å²) in [6.07, 6.45) is 0. The number of thioether (sulfide) groups is 1. The third-order valence-electron chi connectivity index (χ3n) is 4.24. The Hall–Kier alpha value is -2.93. The number of para-hydroxylation sites is 1. The van der Waals surface area contributed by atoms with Crippen molar-refractivity contribution in [3.8, 4) is 17.2 Å². The quantitative estimate of drug-likeness (QED) is 0.706. The topological polar surface area (TPSA) is 65.4 Å². The highest BCUT2D eigenvalue weighted by Gasteiger charge is 2.24. The molecule has 0 unspecified atom stereocenters. The fourth-order valence-electron chi connectivity index (χ4n) is 2.89. The highest BCUT2D eigenvalue weighted by Crippen LogP contribution is 2.36. The van der Waals surface area contributed by atoms with Crippen molar-refractivity contribution in [3.63, 3.8) is 0 Å². The number of hydrogen-bond donors (Lipinski definition) is 1. The summed E-state index contributed by atoms with van der Waals surface area (Å²) in [5.41, 5.74) is 2.95. The van der Waals surface area contributed by atoms with Crippen LogP contribution in [-0.4, -0.2) is 29.4 Å². The average molecular weight is 381 g/mol. The fraction of sp³-hybridized carbons (Fsp3) is 0.200. The first-order valence-corrected chi connectivity index (χ1v) is 9.70. The number of fused-ring (bicyclic) bond motifs is 1. The average Bonchev–Trinajstić information content (AvgIpc) is 3.30. The van der Waals surface area contributed by atoms with Crippen molar-refractivity contribution < 1.29 is 14.3 Å². The lowest BCUT2D eigenvalue weighted by atomic mass is 10.2. The molecule has 1 aromatic heterocycles. The zero-order valence-electron chi connectivity index (χ0n) is 14.8. The number of carbonyl (C=O) groups excluding carboxylic acids is 1. The number of amides is 1. The molecule has 2 aromatic carbocycles. The minimum Gasteiger partial charge on any atom is -0.497 e. The maximum Gasteiger partial charge on any atom is 0.263 e. The summed E-state index contributed by atoms with van der Waals surface area (Å²) >= 11 is 1.79. The Kier molecular flexibility index (Phi) is 5.02. The Morgan fingerprint density at radius 1 is 1.11 bits per heavy atom. The zero-order valence-corrected chi connectivity index (χ0v) is 15.7. The number of rotatable bonds is 6. The molecule has 0 saturated carbocycles. The third kappa shape index (κ3) is 3.78. The number of anilines is 1. The van der Waals surface area contributed by atoms with Gasteiger partial charge < -0.3 is 14.8 Å². The lowest BCUT2D eigenvalue weighted by Crippen LogP contribution is -2.22. The van der Waals surface area contributed by atoms with Gasteiger partial charge in [0, 0.05) is 17.1 Å². The van der Waals surface area contributed by atoms with Gasteiger partial charge in [-0.3, -0.25) is 4.79 Å². The van der Waals surface area contributed by atoms with E-state index in [0.29, 0.717) is 11.6 Å². The monoisotopic (exact) mass is 381 g/mol. The summed E-state index contributed by atoms with van der Waals surface area (Å²) in [7, 11) is 1.63. The van der Waals surface area contributed by atoms with Crippen LogP contribution in [0.4, 0.5) is 5.82 Å². The van der Waals surface area contributed by atoms with Crippen LogP contribution in [0.15, 0.2) is 54.6 Å². The van der Waals surface area contributed by atoms with Crippen LogP contribution in [0.1, 0.15) is 11.3 Å². The molecular formula is C20H19N3O3S. The predicted molar refractivity (Wildman–Crippen MR) is 106 cm³/mol. The number of nitrogens with one attached hydrogen (secondary N) is 1. The Morgan fingerprint density at radius 3 is 2.63 bits per heavy atom. The van der Waals surface area contributed by atoms with Gasteiger partial charge in [0.1, 0.15) is 17.3 Å². The van der Waals surface area contributed by atoms with Crippen LogP contribution in [0, 0.1) is 0 Å². The maximum absolute atomic E-state index is 12.5. The van der Waals surface area contributed by atoms with Crippen LogP contribution < -0.4 is 14.8 Å². The predicted octanol–water partition coefficient (Wildman–Crippen LogP) is 3.65. The van der Waals surface area contributed by atoms with Gasteiger partial charge in [0.25, 0.3) is 5.91 Å². The number of hydrogen-bond acceptors (Lipinski definition) is 5. The van der Waals surface area contributed by atoms with E-state index in [1.165, 1.54) is 0 Å². The van der Waals surface area contributed by atoms with Crippen molar-refractivity contribution in [1.29, 1.82) is 0 Å². The van der Waals surface area contributed by atoms with Gasteiger partial charge in [-0.05, 0) is 36.4 Å². The minimum atomic E-state index is -0.215. The molecule has 0 saturated heterocycles. The molecule has 1 N–H and O–H groups in total. The summed E-state index contributed by atoms with van der Waals surface area (Å²) in [6.45, 7) is -0.0558. The number of ether oxygens (including phenoxy) is 2. The number of aromatic nitrogens is 2. The van der Waals surface area contributed by atoms with E-state index in [2.05, 4.69) is 10.4 Å². The summed E-state index contributed by atoms with van der Waals surface area (Å²) in [5.74, 6) is 3.62. The molecule has 1 aliphatic heterocycles. The zero-order chi connectivity index (χ0) is 18.6. The van der Waals surface area contributed by atoms with Crippen molar-refractivity contribution in [2.75, 3.05) is 19.0 Å². The SMILES string of the molecule is COc1ccc(-n2nc3c(c2NC(=O)COc2ccccc2)CSC3)cc1. The van der Waals surface area contributed by atoms with Crippen LogP contribution in [0.5, 0.6) is 11.5 Å². The number of nitrogens with zero attached hydrogens (tertiary/aromatic N) is 2. The van der Waals surface area contributed by atoms with E-state index >= 15 is 0 Å². The van der Waals surface area contributed by atoms with Gasteiger partial charge in [0.15, 0.2) is 6.61 Å². The Labute approximate surface area is 161 Å². The molecule has 6 nitrogen and oxygen atoms in total. The smallest absolute Gasteiger partial charge is 0.263 e. The van der Waals surface area contributed by atoms with E-state index in [9.17, 15) is 4.79 Å². The second-order valence-electron chi connectivity index (χ2n) is 6.03. The number of carbonyl (C=O) groups is 1. The largest absolute Gasteiger partial charge is 0.497 e.